The second-order valence-corrected chi connectivity index (χ2v) is 22.8. The Morgan fingerprint density at radius 3 is 1.30 bits per heavy atom. The molecule has 0 aromatic rings. The summed E-state index contributed by atoms with van der Waals surface area (Å²) < 4.78 is 34.3. The molecule has 3 saturated heterocycles. The highest BCUT2D eigenvalue weighted by molar-refractivity contribution is 5.76. The van der Waals surface area contributed by atoms with Crippen molar-refractivity contribution in [1.29, 1.82) is 0 Å². The molecular weight excluding hydrogens is 1070 g/mol. The Balaban J connectivity index is 1.49. The number of nitrogens with one attached hydrogen (secondary N) is 1. The zero-order chi connectivity index (χ0) is 60.5. The van der Waals surface area contributed by atoms with Crippen molar-refractivity contribution in [3.63, 3.8) is 0 Å². The number of aliphatic hydroxyl groups is 11. The van der Waals surface area contributed by atoms with Gasteiger partial charge < -0.3 is 89.9 Å². The summed E-state index contributed by atoms with van der Waals surface area (Å²) in [6, 6.07) is -0.989. The zero-order valence-corrected chi connectivity index (χ0v) is 50.4. The van der Waals surface area contributed by atoms with Gasteiger partial charge in [0.15, 0.2) is 18.9 Å². The highest BCUT2D eigenvalue weighted by Crippen LogP contribution is 2.33. The zero-order valence-electron chi connectivity index (χ0n) is 50.4. The summed E-state index contributed by atoms with van der Waals surface area (Å²) in [5, 5.41) is 120. The number of carbonyl (C=O) groups is 1. The molecule has 482 valence electrons. The third-order valence-corrected chi connectivity index (χ3v) is 15.8. The highest BCUT2D eigenvalue weighted by Gasteiger charge is 2.53. The lowest BCUT2D eigenvalue weighted by atomic mass is 9.96. The second-order valence-electron chi connectivity index (χ2n) is 22.8. The van der Waals surface area contributed by atoms with Crippen LogP contribution in [0.2, 0.25) is 0 Å². The topological polar surface area (TPSA) is 307 Å². The van der Waals surface area contributed by atoms with Gasteiger partial charge in [-0.25, -0.2) is 0 Å². The molecule has 3 fully saturated rings. The Hall–Kier alpha value is -2.51. The van der Waals surface area contributed by atoms with E-state index < -0.39 is 124 Å². The van der Waals surface area contributed by atoms with E-state index in [1.54, 1.807) is 6.08 Å². The Kier molecular flexibility index (Phi) is 42.0. The van der Waals surface area contributed by atoms with Gasteiger partial charge in [0.1, 0.15) is 73.2 Å². The monoisotopic (exact) mass is 1180 g/mol. The fourth-order valence-electron chi connectivity index (χ4n) is 10.6. The Morgan fingerprint density at radius 1 is 0.446 bits per heavy atom. The van der Waals surface area contributed by atoms with Gasteiger partial charge in [-0.3, -0.25) is 4.79 Å². The standard InChI is InChI=1S/C64H113NO18/c1-3-5-7-9-11-13-15-17-19-21-22-23-24-26-27-29-31-33-35-37-39-41-48(69)47(65-52(70)42-40-38-36-34-32-30-28-25-20-18-16-14-12-10-8-6-4-2)46-78-62-58(76)55(73)60(50(44-67)80-62)83-64-59(77)56(74)61(51(45-68)81-64)82-63-57(75)54(72)53(71)49(43-66)79-63/h6,8,12,14,18,20,28,30,39,41,47-51,53-64,66-69,71-77H,3-5,7,9-11,13,15-17,19,21-27,29,31-38,40,42-46H2,1-2H3,(H,65,70)/b8-6-,14-12-,20-18-,30-28-,41-39+. The minimum Gasteiger partial charge on any atom is -0.394 e. The summed E-state index contributed by atoms with van der Waals surface area (Å²) >= 11 is 0. The number of carbonyl (C=O) groups excluding carboxylic acids is 1. The highest BCUT2D eigenvalue weighted by atomic mass is 16.8. The van der Waals surface area contributed by atoms with Crippen LogP contribution in [-0.4, -0.2) is 193 Å². The average molecular weight is 1180 g/mol. The van der Waals surface area contributed by atoms with Gasteiger partial charge in [-0.15, -0.1) is 0 Å². The SMILES string of the molecule is CC/C=C\C/C=C\C/C=C\C/C=C\CCCCCCC(=O)NC(COC1OC(CO)C(OC2OC(CO)C(OC3OC(CO)C(O)C(O)C3O)C(O)C2O)C(O)C1O)C(O)/C=C/CCCCCCCCCCCCCCCCCCCCC. The average Bonchev–Trinajstić information content (AvgIpc) is 3.35. The van der Waals surface area contributed by atoms with Crippen molar-refractivity contribution in [2.24, 2.45) is 0 Å². The second kappa shape index (κ2) is 46.6. The minimum atomic E-state index is -1.98. The minimum absolute atomic E-state index is 0.213. The number of rotatable bonds is 47. The van der Waals surface area contributed by atoms with Gasteiger partial charge in [0.2, 0.25) is 5.91 Å². The van der Waals surface area contributed by atoms with Crippen LogP contribution in [0.3, 0.4) is 0 Å². The smallest absolute Gasteiger partial charge is 0.220 e. The molecule has 19 nitrogen and oxygen atoms in total. The molecule has 3 rings (SSSR count). The van der Waals surface area contributed by atoms with Gasteiger partial charge in [-0.05, 0) is 57.8 Å². The maximum absolute atomic E-state index is 13.3. The maximum Gasteiger partial charge on any atom is 0.220 e. The molecule has 0 saturated carbocycles. The summed E-state index contributed by atoms with van der Waals surface area (Å²) in [5.74, 6) is -0.300. The molecule has 0 radical (unpaired) electrons. The van der Waals surface area contributed by atoms with Crippen LogP contribution in [0.25, 0.3) is 0 Å². The van der Waals surface area contributed by atoms with Gasteiger partial charge >= 0.3 is 0 Å². The number of hydrogen-bond donors (Lipinski definition) is 12. The van der Waals surface area contributed by atoms with Crippen LogP contribution in [0.15, 0.2) is 60.8 Å². The third-order valence-electron chi connectivity index (χ3n) is 15.8. The van der Waals surface area contributed by atoms with Crippen molar-refractivity contribution >= 4 is 5.91 Å². The van der Waals surface area contributed by atoms with Crippen LogP contribution < -0.4 is 5.32 Å². The molecule has 17 unspecified atom stereocenters. The van der Waals surface area contributed by atoms with E-state index in [9.17, 15) is 61.0 Å². The molecule has 83 heavy (non-hydrogen) atoms. The summed E-state index contributed by atoms with van der Waals surface area (Å²) in [6.07, 6.45) is 27.6. The van der Waals surface area contributed by atoms with Crippen molar-refractivity contribution < 1.29 is 89.4 Å². The van der Waals surface area contributed by atoms with E-state index in [1.165, 1.54) is 103 Å². The first-order valence-electron chi connectivity index (χ1n) is 32.0. The molecule has 3 heterocycles. The molecule has 0 aromatic carbocycles. The van der Waals surface area contributed by atoms with Gasteiger partial charge in [-0.1, -0.05) is 203 Å². The first-order valence-corrected chi connectivity index (χ1v) is 32.0. The Morgan fingerprint density at radius 2 is 0.831 bits per heavy atom. The van der Waals surface area contributed by atoms with Crippen molar-refractivity contribution in [1.82, 2.24) is 5.32 Å². The van der Waals surface area contributed by atoms with Crippen LogP contribution in [-0.2, 0) is 33.2 Å². The maximum atomic E-state index is 13.3. The molecule has 12 N–H and O–H groups in total. The van der Waals surface area contributed by atoms with Crippen LogP contribution in [0, 0.1) is 0 Å². The predicted octanol–water partition coefficient (Wildman–Crippen LogP) is 6.82. The van der Waals surface area contributed by atoms with Gasteiger partial charge in [0, 0.05) is 6.42 Å². The fraction of sp³-hybridized carbons (Fsp3) is 0.828. The van der Waals surface area contributed by atoms with E-state index in [1.807, 2.05) is 6.08 Å². The number of hydrogen-bond acceptors (Lipinski definition) is 18. The molecule has 19 heteroatoms. The number of allylic oxidation sites excluding steroid dienone is 9. The number of ether oxygens (including phenoxy) is 6. The van der Waals surface area contributed by atoms with Crippen LogP contribution in [0.1, 0.15) is 206 Å². The molecule has 0 spiro atoms. The van der Waals surface area contributed by atoms with Crippen LogP contribution >= 0.6 is 0 Å². The molecule has 0 bridgehead atoms. The van der Waals surface area contributed by atoms with Crippen molar-refractivity contribution in [2.45, 2.75) is 311 Å². The van der Waals surface area contributed by atoms with Crippen molar-refractivity contribution in [3.8, 4) is 0 Å². The summed E-state index contributed by atoms with van der Waals surface area (Å²) in [4.78, 5) is 13.3. The van der Waals surface area contributed by atoms with Crippen molar-refractivity contribution in [2.75, 3.05) is 26.4 Å². The number of unbranched alkanes of at least 4 members (excludes halogenated alkanes) is 23. The van der Waals surface area contributed by atoms with Crippen LogP contribution in [0.4, 0.5) is 0 Å². The molecular formula is C64H113NO18. The van der Waals surface area contributed by atoms with Gasteiger partial charge in [0.25, 0.3) is 0 Å². The lowest BCUT2D eigenvalue weighted by molar-refractivity contribution is -0.379. The first-order chi connectivity index (χ1) is 40.3. The first kappa shape index (κ1) is 74.7. The van der Waals surface area contributed by atoms with E-state index in [2.05, 4.69) is 67.8 Å². The predicted molar refractivity (Wildman–Crippen MR) is 318 cm³/mol. The Bertz CT molecular complexity index is 1750. The lowest BCUT2D eigenvalue weighted by Crippen LogP contribution is -2.66. The van der Waals surface area contributed by atoms with E-state index >= 15 is 0 Å². The number of amides is 1. The molecule has 0 aliphatic carbocycles. The third kappa shape index (κ3) is 29.8. The quantitative estimate of drug-likeness (QED) is 0.0220. The summed E-state index contributed by atoms with van der Waals surface area (Å²) in [5.41, 5.74) is 0. The molecule has 1 amide bonds. The fourth-order valence-corrected chi connectivity index (χ4v) is 10.6. The molecule has 3 aliphatic rings. The Labute approximate surface area is 496 Å². The van der Waals surface area contributed by atoms with Crippen molar-refractivity contribution in [3.05, 3.63) is 60.8 Å². The van der Waals surface area contributed by atoms with Gasteiger partial charge in [0.05, 0.1) is 38.6 Å². The summed E-state index contributed by atoms with van der Waals surface area (Å²) in [7, 11) is 0. The normalized spacial score (nSPS) is 29.8. The molecule has 0 aromatic heterocycles. The number of aliphatic hydroxyl groups excluding tert-OH is 11. The van der Waals surface area contributed by atoms with E-state index in [4.69, 9.17) is 28.4 Å². The largest absolute Gasteiger partial charge is 0.394 e. The molecule has 17 atom stereocenters. The lowest BCUT2D eigenvalue weighted by Gasteiger charge is -2.48. The van der Waals surface area contributed by atoms with E-state index in [0.29, 0.717) is 6.42 Å². The van der Waals surface area contributed by atoms with E-state index in [-0.39, 0.29) is 18.9 Å². The van der Waals surface area contributed by atoms with Crippen LogP contribution in [0.5, 0.6) is 0 Å². The van der Waals surface area contributed by atoms with Gasteiger partial charge in [-0.2, -0.15) is 0 Å². The van der Waals surface area contributed by atoms with E-state index in [0.717, 1.165) is 77.0 Å². The summed E-state index contributed by atoms with van der Waals surface area (Å²) in [6.45, 7) is 1.59. The molecule has 3 aliphatic heterocycles.